The van der Waals surface area contributed by atoms with Crippen LogP contribution in [-0.4, -0.2) is 29.6 Å². The topological polar surface area (TPSA) is 77.5 Å². The Morgan fingerprint density at radius 1 is 1.27 bits per heavy atom. The minimum absolute atomic E-state index is 0.164. The molecule has 7 heteroatoms. The van der Waals surface area contributed by atoms with Crippen LogP contribution in [0.3, 0.4) is 0 Å². The van der Waals surface area contributed by atoms with Gasteiger partial charge in [0, 0.05) is 12.6 Å². The van der Waals surface area contributed by atoms with Crippen molar-refractivity contribution in [3.63, 3.8) is 0 Å². The van der Waals surface area contributed by atoms with E-state index in [4.69, 9.17) is 21.1 Å². The molecule has 2 aromatic rings. The van der Waals surface area contributed by atoms with Crippen LogP contribution in [0, 0.1) is 6.92 Å². The Kier molecular flexibility index (Phi) is 7.41. The molecule has 1 heterocycles. The van der Waals surface area contributed by atoms with E-state index >= 15 is 0 Å². The van der Waals surface area contributed by atoms with Gasteiger partial charge in [0.05, 0.1) is 12.3 Å². The van der Waals surface area contributed by atoms with E-state index in [1.807, 2.05) is 31.2 Å². The summed E-state index contributed by atoms with van der Waals surface area (Å²) in [6.45, 7) is 3.88. The number of esters is 1. The van der Waals surface area contributed by atoms with Gasteiger partial charge in [-0.2, -0.15) is 0 Å². The smallest absolute Gasteiger partial charge is 0.306 e. The zero-order valence-electron chi connectivity index (χ0n) is 14.7. The van der Waals surface area contributed by atoms with Gasteiger partial charge >= 0.3 is 5.97 Å². The highest BCUT2D eigenvalue weighted by molar-refractivity contribution is 6.32. The molecular weight excluding hydrogens is 356 g/mol. The van der Waals surface area contributed by atoms with Crippen LogP contribution in [0.5, 0.6) is 5.75 Å². The number of nitrogens with one attached hydrogen (secondary N) is 1. The van der Waals surface area contributed by atoms with Crippen LogP contribution < -0.4 is 10.1 Å². The average Bonchev–Trinajstić information content (AvgIpc) is 2.60. The molecule has 138 valence electrons. The molecule has 0 saturated carbocycles. The van der Waals surface area contributed by atoms with Crippen molar-refractivity contribution < 1.29 is 19.1 Å². The van der Waals surface area contributed by atoms with E-state index in [9.17, 15) is 9.59 Å². The Labute approximate surface area is 157 Å². The summed E-state index contributed by atoms with van der Waals surface area (Å²) in [5.74, 6) is -0.165. The van der Waals surface area contributed by atoms with Gasteiger partial charge in [0.2, 0.25) is 0 Å². The number of benzene rings is 1. The van der Waals surface area contributed by atoms with Gasteiger partial charge in [0.1, 0.15) is 5.75 Å². The van der Waals surface area contributed by atoms with Crippen LogP contribution in [-0.2, 0) is 14.3 Å². The van der Waals surface area contributed by atoms with Crippen molar-refractivity contribution in [3.05, 3.63) is 53.3 Å². The van der Waals surface area contributed by atoms with E-state index in [1.165, 1.54) is 13.1 Å². The highest BCUT2D eigenvalue weighted by atomic mass is 35.5. The van der Waals surface area contributed by atoms with Crippen LogP contribution in [0.2, 0.25) is 5.15 Å². The van der Waals surface area contributed by atoms with Crippen LogP contribution in [0.4, 0.5) is 5.69 Å². The van der Waals surface area contributed by atoms with Gasteiger partial charge < -0.3 is 14.8 Å². The first-order chi connectivity index (χ1) is 12.5. The maximum atomic E-state index is 12.0. The molecule has 0 aliphatic rings. The average molecular weight is 377 g/mol. The second-order valence-corrected chi connectivity index (χ2v) is 6.09. The van der Waals surface area contributed by atoms with Crippen molar-refractivity contribution in [2.75, 3.05) is 11.9 Å². The molecule has 0 fully saturated rings. The molecule has 1 amide bonds. The number of aromatic nitrogens is 1. The predicted octanol–water partition coefficient (Wildman–Crippen LogP) is 3.77. The molecular formula is C19H21ClN2O4. The summed E-state index contributed by atoms with van der Waals surface area (Å²) in [6, 6.07) is 10.9. The van der Waals surface area contributed by atoms with Gasteiger partial charge in [-0.05, 0) is 50.1 Å². The number of hydrogen-bond acceptors (Lipinski definition) is 5. The van der Waals surface area contributed by atoms with Crippen molar-refractivity contribution in [3.8, 4) is 5.75 Å². The zero-order valence-corrected chi connectivity index (χ0v) is 15.5. The second-order valence-electron chi connectivity index (χ2n) is 5.73. The zero-order chi connectivity index (χ0) is 18.9. The van der Waals surface area contributed by atoms with E-state index in [0.29, 0.717) is 18.7 Å². The molecule has 0 unspecified atom stereocenters. The van der Waals surface area contributed by atoms with Gasteiger partial charge in [0.25, 0.3) is 5.91 Å². The molecule has 1 aromatic heterocycles. The van der Waals surface area contributed by atoms with Gasteiger partial charge in [0.15, 0.2) is 11.3 Å². The molecule has 2 rings (SSSR count). The lowest BCUT2D eigenvalue weighted by atomic mass is 10.2. The summed E-state index contributed by atoms with van der Waals surface area (Å²) in [7, 11) is 0. The van der Waals surface area contributed by atoms with Crippen LogP contribution in [0.1, 0.15) is 25.3 Å². The van der Waals surface area contributed by atoms with E-state index in [1.54, 1.807) is 12.1 Å². The number of carbonyl (C=O) groups is 2. The van der Waals surface area contributed by atoms with Crippen molar-refractivity contribution in [2.45, 2.75) is 32.8 Å². The Morgan fingerprint density at radius 2 is 2.08 bits per heavy atom. The second kappa shape index (κ2) is 9.77. The van der Waals surface area contributed by atoms with E-state index < -0.39 is 18.0 Å². The molecule has 1 aromatic carbocycles. The van der Waals surface area contributed by atoms with Crippen molar-refractivity contribution in [2.24, 2.45) is 0 Å². The molecule has 0 radical (unpaired) electrons. The largest absolute Gasteiger partial charge is 0.494 e. The number of halogens is 1. The summed E-state index contributed by atoms with van der Waals surface area (Å²) in [6.07, 6.45) is 1.24. The first-order valence-corrected chi connectivity index (χ1v) is 8.64. The van der Waals surface area contributed by atoms with Crippen molar-refractivity contribution in [1.29, 1.82) is 0 Å². The number of pyridine rings is 1. The minimum Gasteiger partial charge on any atom is -0.494 e. The Hall–Kier alpha value is -2.60. The molecule has 1 atom stereocenters. The quantitative estimate of drug-likeness (QED) is 0.431. The van der Waals surface area contributed by atoms with Crippen molar-refractivity contribution in [1.82, 2.24) is 4.98 Å². The van der Waals surface area contributed by atoms with Gasteiger partial charge in [-0.25, -0.2) is 4.98 Å². The number of amides is 1. The third-order valence-corrected chi connectivity index (χ3v) is 3.78. The van der Waals surface area contributed by atoms with E-state index in [2.05, 4.69) is 10.3 Å². The summed E-state index contributed by atoms with van der Waals surface area (Å²) in [4.78, 5) is 27.8. The van der Waals surface area contributed by atoms with Crippen LogP contribution >= 0.6 is 11.6 Å². The Morgan fingerprint density at radius 3 is 2.81 bits per heavy atom. The third kappa shape index (κ3) is 6.37. The first kappa shape index (κ1) is 19.7. The first-order valence-electron chi connectivity index (χ1n) is 8.26. The highest BCUT2D eigenvalue weighted by Gasteiger charge is 2.18. The summed E-state index contributed by atoms with van der Waals surface area (Å²) in [5, 5.41) is 2.75. The van der Waals surface area contributed by atoms with Gasteiger partial charge in [-0.15, -0.1) is 0 Å². The molecule has 0 bridgehead atoms. The molecule has 0 aliphatic heterocycles. The summed E-state index contributed by atoms with van der Waals surface area (Å²) >= 11 is 5.88. The number of anilines is 1. The number of carbonyl (C=O) groups excluding carboxylic acids is 2. The lowest BCUT2D eigenvalue weighted by Gasteiger charge is -2.14. The fraction of sp³-hybridized carbons (Fsp3) is 0.316. The molecule has 0 spiro atoms. The van der Waals surface area contributed by atoms with Crippen LogP contribution in [0.25, 0.3) is 0 Å². The third-order valence-electron chi connectivity index (χ3n) is 3.48. The summed E-state index contributed by atoms with van der Waals surface area (Å²) in [5.41, 5.74) is 1.48. The minimum atomic E-state index is -0.934. The SMILES string of the molecule is Cc1cccc(OCCCC(=O)O[C@@H](C)C(=O)Nc2cccnc2Cl)c1. The maximum absolute atomic E-state index is 12.0. The Balaban J connectivity index is 1.69. The maximum Gasteiger partial charge on any atom is 0.306 e. The molecule has 0 saturated heterocycles. The summed E-state index contributed by atoms with van der Waals surface area (Å²) < 4.78 is 10.7. The lowest BCUT2D eigenvalue weighted by molar-refractivity contribution is -0.153. The van der Waals surface area contributed by atoms with Gasteiger partial charge in [-0.3, -0.25) is 9.59 Å². The number of hydrogen-bond donors (Lipinski definition) is 1. The number of aryl methyl sites for hydroxylation is 1. The van der Waals surface area contributed by atoms with Crippen molar-refractivity contribution >= 4 is 29.2 Å². The standard InChI is InChI=1S/C19H21ClN2O4/c1-13-6-3-7-15(12-13)25-11-5-9-17(23)26-14(2)19(24)22-16-8-4-10-21-18(16)20/h3-4,6-8,10,12,14H,5,9,11H2,1-2H3,(H,22,24)/t14-/m0/s1. The monoisotopic (exact) mass is 376 g/mol. The Bertz CT molecular complexity index is 767. The number of ether oxygens (including phenoxy) is 2. The number of nitrogens with zero attached hydrogens (tertiary/aromatic N) is 1. The van der Waals surface area contributed by atoms with E-state index in [-0.39, 0.29) is 11.6 Å². The number of rotatable bonds is 8. The lowest BCUT2D eigenvalue weighted by Crippen LogP contribution is -2.30. The van der Waals surface area contributed by atoms with E-state index in [0.717, 1.165) is 11.3 Å². The van der Waals surface area contributed by atoms with Gasteiger partial charge in [-0.1, -0.05) is 23.7 Å². The molecule has 0 aliphatic carbocycles. The normalized spacial score (nSPS) is 11.5. The highest BCUT2D eigenvalue weighted by Crippen LogP contribution is 2.18. The fourth-order valence-electron chi connectivity index (χ4n) is 2.13. The molecule has 6 nitrogen and oxygen atoms in total. The molecule has 26 heavy (non-hydrogen) atoms. The van der Waals surface area contributed by atoms with Crippen LogP contribution in [0.15, 0.2) is 42.6 Å². The predicted molar refractivity (Wildman–Crippen MR) is 99.3 cm³/mol. The molecule has 1 N–H and O–H groups in total. The fourth-order valence-corrected chi connectivity index (χ4v) is 2.30.